The van der Waals surface area contributed by atoms with Gasteiger partial charge in [0.15, 0.2) is 5.58 Å². The average Bonchev–Trinajstić information content (AvgIpc) is 2.97. The summed E-state index contributed by atoms with van der Waals surface area (Å²) >= 11 is 5.55. The summed E-state index contributed by atoms with van der Waals surface area (Å²) in [6.07, 6.45) is -0.552. The van der Waals surface area contributed by atoms with Crippen LogP contribution in [0.5, 0.6) is 0 Å². The molecule has 5 heteroatoms. The number of alkyl halides is 1. The fraction of sp³-hybridized carbons (Fsp3) is 0.188. The molecule has 1 unspecified atom stereocenters. The number of aliphatic hydroxyl groups excluding tert-OH is 1. The summed E-state index contributed by atoms with van der Waals surface area (Å²) in [5.41, 5.74) is 3.45. The van der Waals surface area contributed by atoms with Gasteiger partial charge in [0.05, 0.1) is 12.0 Å². The van der Waals surface area contributed by atoms with Crippen molar-refractivity contribution in [2.24, 2.45) is 0 Å². The quantitative estimate of drug-likeness (QED) is 0.708. The van der Waals surface area contributed by atoms with Crippen LogP contribution >= 0.6 is 11.6 Å². The summed E-state index contributed by atoms with van der Waals surface area (Å²) in [6, 6.07) is 15.4. The number of benzene rings is 2. The van der Waals surface area contributed by atoms with E-state index in [1.54, 1.807) is 0 Å². The van der Waals surface area contributed by atoms with Crippen LogP contribution in [0.3, 0.4) is 0 Å². The van der Waals surface area contributed by atoms with E-state index < -0.39 is 6.10 Å². The van der Waals surface area contributed by atoms with Crippen molar-refractivity contribution in [1.29, 1.82) is 0 Å². The molecule has 0 saturated heterocycles. The number of hydrogen-bond donors (Lipinski definition) is 2. The van der Waals surface area contributed by atoms with Crippen LogP contribution in [0, 0.1) is 0 Å². The summed E-state index contributed by atoms with van der Waals surface area (Å²) in [5.74, 6) is 0.817. The van der Waals surface area contributed by atoms with Gasteiger partial charge in [-0.2, -0.15) is 0 Å². The highest BCUT2D eigenvalue weighted by Gasteiger charge is 2.07. The molecule has 2 N–H and O–H groups in total. The molecule has 3 aromatic rings. The number of hydrogen-bond acceptors (Lipinski definition) is 4. The standard InChI is InChI=1S/C16H15ClN2O2/c17-9-13(20)10-18-12-7-5-11(6-8-12)16-19-14-3-1-2-4-15(14)21-16/h1-8,13,18,20H,9-10H2. The van der Waals surface area contributed by atoms with E-state index >= 15 is 0 Å². The van der Waals surface area contributed by atoms with Crippen molar-refractivity contribution in [3.8, 4) is 11.5 Å². The summed E-state index contributed by atoms with van der Waals surface area (Å²) in [4.78, 5) is 4.46. The topological polar surface area (TPSA) is 58.3 Å². The maximum Gasteiger partial charge on any atom is 0.227 e. The van der Waals surface area contributed by atoms with Crippen LogP contribution in [0.15, 0.2) is 52.9 Å². The number of aromatic nitrogens is 1. The Morgan fingerprint density at radius 3 is 2.62 bits per heavy atom. The Hall–Kier alpha value is -2.04. The molecule has 0 aliphatic carbocycles. The zero-order valence-corrected chi connectivity index (χ0v) is 12.0. The molecular weight excluding hydrogens is 288 g/mol. The summed E-state index contributed by atoms with van der Waals surface area (Å²) in [6.45, 7) is 0.422. The Morgan fingerprint density at radius 1 is 1.14 bits per heavy atom. The number of nitrogens with one attached hydrogen (secondary N) is 1. The molecule has 0 saturated carbocycles. The SMILES string of the molecule is OC(CCl)CNc1ccc(-c2nc3ccccc3o2)cc1. The van der Waals surface area contributed by atoms with Crippen LogP contribution in [-0.4, -0.2) is 28.6 Å². The van der Waals surface area contributed by atoms with Crippen LogP contribution in [-0.2, 0) is 0 Å². The second-order valence-corrected chi connectivity index (χ2v) is 5.06. The Morgan fingerprint density at radius 2 is 1.90 bits per heavy atom. The van der Waals surface area contributed by atoms with Gasteiger partial charge in [0.2, 0.25) is 5.89 Å². The molecular formula is C16H15ClN2O2. The number of oxazole rings is 1. The molecule has 3 rings (SSSR count). The van der Waals surface area contributed by atoms with E-state index in [-0.39, 0.29) is 5.88 Å². The molecule has 4 nitrogen and oxygen atoms in total. The highest BCUT2D eigenvalue weighted by molar-refractivity contribution is 6.18. The zero-order chi connectivity index (χ0) is 14.7. The first kappa shape index (κ1) is 13.9. The van der Waals surface area contributed by atoms with E-state index in [0.717, 1.165) is 22.4 Å². The summed E-state index contributed by atoms with van der Waals surface area (Å²) < 4.78 is 5.72. The molecule has 0 radical (unpaired) electrons. The summed E-state index contributed by atoms with van der Waals surface area (Å²) in [5, 5.41) is 12.5. The lowest BCUT2D eigenvalue weighted by Gasteiger charge is -2.09. The minimum absolute atomic E-state index is 0.216. The van der Waals surface area contributed by atoms with Gasteiger partial charge in [0.25, 0.3) is 0 Å². The van der Waals surface area contributed by atoms with Crippen molar-refractivity contribution in [1.82, 2.24) is 4.98 Å². The third kappa shape index (κ3) is 3.17. The number of aliphatic hydroxyl groups is 1. The van der Waals surface area contributed by atoms with E-state index in [0.29, 0.717) is 12.4 Å². The third-order valence-electron chi connectivity index (χ3n) is 3.15. The molecule has 0 amide bonds. The van der Waals surface area contributed by atoms with E-state index in [4.69, 9.17) is 16.0 Å². The van der Waals surface area contributed by atoms with Gasteiger partial charge in [-0.25, -0.2) is 4.98 Å². The molecule has 1 atom stereocenters. The van der Waals surface area contributed by atoms with Crippen molar-refractivity contribution in [3.63, 3.8) is 0 Å². The zero-order valence-electron chi connectivity index (χ0n) is 11.3. The first-order valence-electron chi connectivity index (χ1n) is 6.70. The van der Waals surface area contributed by atoms with Gasteiger partial charge in [-0.05, 0) is 36.4 Å². The second kappa shape index (κ2) is 6.16. The molecule has 21 heavy (non-hydrogen) atoms. The van der Waals surface area contributed by atoms with Gasteiger partial charge in [0, 0.05) is 17.8 Å². The molecule has 0 fully saturated rings. The second-order valence-electron chi connectivity index (χ2n) is 4.75. The minimum Gasteiger partial charge on any atom is -0.436 e. The lowest BCUT2D eigenvalue weighted by atomic mass is 10.2. The van der Waals surface area contributed by atoms with Crippen molar-refractivity contribution < 1.29 is 9.52 Å². The first-order chi connectivity index (χ1) is 10.3. The van der Waals surface area contributed by atoms with Crippen molar-refractivity contribution in [2.75, 3.05) is 17.7 Å². The lowest BCUT2D eigenvalue weighted by molar-refractivity contribution is 0.211. The van der Waals surface area contributed by atoms with Crippen LogP contribution in [0.4, 0.5) is 5.69 Å². The molecule has 2 aromatic carbocycles. The van der Waals surface area contributed by atoms with Crippen LogP contribution < -0.4 is 5.32 Å². The molecule has 0 spiro atoms. The van der Waals surface area contributed by atoms with E-state index in [2.05, 4.69) is 10.3 Å². The van der Waals surface area contributed by atoms with Gasteiger partial charge in [-0.3, -0.25) is 0 Å². The van der Waals surface area contributed by atoms with E-state index in [1.165, 1.54) is 0 Å². The number of nitrogens with zero attached hydrogens (tertiary/aromatic N) is 1. The number of halogens is 1. The van der Waals surface area contributed by atoms with Crippen LogP contribution in [0.2, 0.25) is 0 Å². The molecule has 0 aliphatic rings. The number of fused-ring (bicyclic) bond motifs is 1. The van der Waals surface area contributed by atoms with Gasteiger partial charge in [-0.15, -0.1) is 11.6 Å². The van der Waals surface area contributed by atoms with Gasteiger partial charge in [0.1, 0.15) is 5.52 Å². The van der Waals surface area contributed by atoms with Crippen molar-refractivity contribution in [3.05, 3.63) is 48.5 Å². The van der Waals surface area contributed by atoms with Crippen LogP contribution in [0.1, 0.15) is 0 Å². The summed E-state index contributed by atoms with van der Waals surface area (Å²) in [7, 11) is 0. The Balaban J connectivity index is 1.77. The molecule has 1 aromatic heterocycles. The minimum atomic E-state index is -0.552. The van der Waals surface area contributed by atoms with Gasteiger partial charge < -0.3 is 14.8 Å². The van der Waals surface area contributed by atoms with E-state index in [1.807, 2.05) is 48.5 Å². The smallest absolute Gasteiger partial charge is 0.227 e. The maximum absolute atomic E-state index is 9.41. The predicted octanol–water partition coefficient (Wildman–Crippen LogP) is 3.51. The van der Waals surface area contributed by atoms with Gasteiger partial charge in [-0.1, -0.05) is 12.1 Å². The highest BCUT2D eigenvalue weighted by atomic mass is 35.5. The molecule has 0 aliphatic heterocycles. The number of para-hydroxylation sites is 2. The number of rotatable bonds is 5. The van der Waals surface area contributed by atoms with Gasteiger partial charge >= 0.3 is 0 Å². The fourth-order valence-electron chi connectivity index (χ4n) is 2.02. The number of anilines is 1. The normalized spacial score (nSPS) is 12.5. The monoisotopic (exact) mass is 302 g/mol. The van der Waals surface area contributed by atoms with E-state index in [9.17, 15) is 5.11 Å². The fourth-order valence-corrected chi connectivity index (χ4v) is 2.13. The maximum atomic E-state index is 9.41. The lowest BCUT2D eigenvalue weighted by Crippen LogP contribution is -2.20. The van der Waals surface area contributed by atoms with Crippen molar-refractivity contribution in [2.45, 2.75) is 6.10 Å². The largest absolute Gasteiger partial charge is 0.436 e. The Kier molecular flexibility index (Phi) is 4.08. The highest BCUT2D eigenvalue weighted by Crippen LogP contribution is 2.25. The first-order valence-corrected chi connectivity index (χ1v) is 7.23. The average molecular weight is 303 g/mol. The Bertz CT molecular complexity index is 691. The van der Waals surface area contributed by atoms with Crippen molar-refractivity contribution >= 4 is 28.4 Å². The Labute approximate surface area is 127 Å². The van der Waals surface area contributed by atoms with Crippen LogP contribution in [0.25, 0.3) is 22.6 Å². The molecule has 1 heterocycles. The predicted molar refractivity (Wildman–Crippen MR) is 84.7 cm³/mol. The third-order valence-corrected chi connectivity index (χ3v) is 3.50. The molecule has 108 valence electrons. The molecule has 0 bridgehead atoms.